The van der Waals surface area contributed by atoms with Crippen LogP contribution < -0.4 is 0 Å². The van der Waals surface area contributed by atoms with Crippen molar-refractivity contribution in [3.63, 3.8) is 0 Å². The highest BCUT2D eigenvalue weighted by Gasteiger charge is 2.40. The third-order valence-corrected chi connectivity index (χ3v) is 6.35. The van der Waals surface area contributed by atoms with Gasteiger partial charge in [0.05, 0.1) is 11.6 Å². The molecule has 2 aromatic rings. The van der Waals surface area contributed by atoms with E-state index in [0.717, 1.165) is 32.2 Å². The molecule has 144 valence electrons. The Morgan fingerprint density at radius 3 is 2.50 bits per heavy atom. The fraction of sp³-hybridized carbons (Fsp3) is 0.417. The van der Waals surface area contributed by atoms with Gasteiger partial charge in [0.1, 0.15) is 11.6 Å². The van der Waals surface area contributed by atoms with Crippen molar-refractivity contribution < 1.29 is 9.18 Å². The van der Waals surface area contributed by atoms with Crippen LogP contribution in [0.4, 0.5) is 4.39 Å². The highest BCUT2D eigenvalue weighted by atomic mass is 19.1. The number of halogens is 1. The molecule has 4 rings (SSSR count). The Bertz CT molecular complexity index is 875. The van der Waals surface area contributed by atoms with Crippen molar-refractivity contribution in [3.8, 4) is 6.07 Å². The molecular formula is C24H25FN2O. The van der Waals surface area contributed by atoms with Gasteiger partial charge in [-0.05, 0) is 48.9 Å². The van der Waals surface area contributed by atoms with E-state index >= 15 is 0 Å². The van der Waals surface area contributed by atoms with E-state index in [0.29, 0.717) is 17.6 Å². The van der Waals surface area contributed by atoms with Gasteiger partial charge in [-0.15, -0.1) is 0 Å². The number of hydrogen-bond acceptors (Lipinski definition) is 3. The third kappa shape index (κ3) is 4.00. The Balaban J connectivity index is 1.45. The average Bonchev–Trinajstić information content (AvgIpc) is 2.69. The summed E-state index contributed by atoms with van der Waals surface area (Å²) in [5.74, 6) is -0.199. The van der Waals surface area contributed by atoms with Gasteiger partial charge < -0.3 is 0 Å². The van der Waals surface area contributed by atoms with Crippen LogP contribution in [-0.4, -0.2) is 22.8 Å². The van der Waals surface area contributed by atoms with Crippen molar-refractivity contribution >= 4 is 5.78 Å². The highest BCUT2D eigenvalue weighted by molar-refractivity contribution is 5.84. The number of benzene rings is 2. The normalized spacial score (nSPS) is 24.5. The third-order valence-electron chi connectivity index (χ3n) is 6.35. The number of carbonyl (C=O) groups excluding carboxylic acids is 1. The maximum absolute atomic E-state index is 13.4. The fourth-order valence-electron chi connectivity index (χ4n) is 4.93. The maximum Gasteiger partial charge on any atom is 0.140 e. The smallest absolute Gasteiger partial charge is 0.140 e. The van der Waals surface area contributed by atoms with E-state index in [2.05, 4.69) is 29.2 Å². The molecule has 2 unspecified atom stereocenters. The summed E-state index contributed by atoms with van der Waals surface area (Å²) >= 11 is 0. The van der Waals surface area contributed by atoms with E-state index in [4.69, 9.17) is 0 Å². The molecule has 3 nitrogen and oxygen atoms in total. The number of carbonyl (C=O) groups is 1. The topological polar surface area (TPSA) is 44.1 Å². The predicted molar refractivity (Wildman–Crippen MR) is 106 cm³/mol. The van der Waals surface area contributed by atoms with Crippen LogP contribution in [0.25, 0.3) is 0 Å². The molecule has 28 heavy (non-hydrogen) atoms. The molecule has 2 saturated heterocycles. The minimum atomic E-state index is -0.434. The monoisotopic (exact) mass is 376 g/mol. The Hall–Kier alpha value is -2.51. The van der Waals surface area contributed by atoms with Crippen LogP contribution in [0, 0.1) is 23.1 Å². The molecule has 0 spiro atoms. The molecular weight excluding hydrogens is 351 g/mol. The molecule has 0 saturated carbocycles. The number of nitrogens with zero attached hydrogens (tertiary/aromatic N) is 2. The number of fused-ring (bicyclic) bond motifs is 2. The predicted octanol–water partition coefficient (Wildman–Crippen LogP) is 4.64. The van der Waals surface area contributed by atoms with Crippen LogP contribution in [-0.2, 0) is 17.8 Å². The van der Waals surface area contributed by atoms with Gasteiger partial charge >= 0.3 is 0 Å². The van der Waals surface area contributed by atoms with Crippen LogP contribution in [0.3, 0.4) is 0 Å². The molecule has 4 heteroatoms. The number of nitriles is 1. The first-order valence-electron chi connectivity index (χ1n) is 10.1. The van der Waals surface area contributed by atoms with E-state index < -0.39 is 5.82 Å². The maximum atomic E-state index is 13.4. The molecule has 0 aliphatic carbocycles. The lowest BCUT2D eigenvalue weighted by molar-refractivity contribution is -0.126. The zero-order chi connectivity index (χ0) is 19.5. The van der Waals surface area contributed by atoms with Crippen LogP contribution in [0.2, 0.25) is 0 Å². The molecule has 2 bridgehead atoms. The van der Waals surface area contributed by atoms with Crippen molar-refractivity contribution in [2.75, 3.05) is 0 Å². The number of rotatable bonds is 5. The standard InChI is InChI=1S/C24H25FN2O/c25-21-10-9-18(20(11-21)15-26)14-24(28)19-12-22-7-4-8-23(13-19)27(22)16-17-5-2-1-3-6-17/h1-3,5-6,9-11,19,22-23H,4,7-8,12-14,16H2. The first-order valence-corrected chi connectivity index (χ1v) is 10.1. The number of ketones is 1. The second-order valence-electron chi connectivity index (χ2n) is 8.12. The van der Waals surface area contributed by atoms with Crippen LogP contribution in [0.5, 0.6) is 0 Å². The van der Waals surface area contributed by atoms with Gasteiger partial charge in [0.2, 0.25) is 0 Å². The van der Waals surface area contributed by atoms with E-state index in [-0.39, 0.29) is 23.7 Å². The molecule has 2 aliphatic rings. The minimum absolute atomic E-state index is 0.0407. The van der Waals surface area contributed by atoms with Gasteiger partial charge in [-0.2, -0.15) is 5.26 Å². The molecule has 2 atom stereocenters. The first-order chi connectivity index (χ1) is 13.6. The number of piperidine rings is 2. The molecule has 0 N–H and O–H groups in total. The van der Waals surface area contributed by atoms with E-state index in [1.165, 1.54) is 24.1 Å². The van der Waals surface area contributed by atoms with Crippen LogP contribution in [0.15, 0.2) is 48.5 Å². The van der Waals surface area contributed by atoms with Gasteiger partial charge in [-0.3, -0.25) is 9.69 Å². The summed E-state index contributed by atoms with van der Waals surface area (Å²) in [6, 6.07) is 17.6. The van der Waals surface area contributed by atoms with Gasteiger partial charge in [-0.25, -0.2) is 4.39 Å². The summed E-state index contributed by atoms with van der Waals surface area (Å²) in [5.41, 5.74) is 2.25. The van der Waals surface area contributed by atoms with E-state index in [9.17, 15) is 14.4 Å². The van der Waals surface area contributed by atoms with Crippen molar-refractivity contribution in [1.29, 1.82) is 5.26 Å². The molecule has 2 aliphatic heterocycles. The highest BCUT2D eigenvalue weighted by Crippen LogP contribution is 2.38. The lowest BCUT2D eigenvalue weighted by Gasteiger charge is -2.48. The van der Waals surface area contributed by atoms with Gasteiger partial charge in [0.15, 0.2) is 0 Å². The molecule has 0 amide bonds. The van der Waals surface area contributed by atoms with Crippen molar-refractivity contribution in [3.05, 3.63) is 71.0 Å². The second-order valence-corrected chi connectivity index (χ2v) is 8.12. The number of Topliss-reactive ketones (excluding diaryl/α,β-unsaturated/α-hetero) is 1. The summed E-state index contributed by atoms with van der Waals surface area (Å²) in [5, 5.41) is 9.24. The zero-order valence-electron chi connectivity index (χ0n) is 16.0. The molecule has 0 aromatic heterocycles. The molecule has 2 heterocycles. The molecule has 0 radical (unpaired) electrons. The van der Waals surface area contributed by atoms with E-state index in [1.807, 2.05) is 12.1 Å². The fourth-order valence-corrected chi connectivity index (χ4v) is 4.93. The Morgan fingerprint density at radius 1 is 1.11 bits per heavy atom. The Morgan fingerprint density at radius 2 is 1.82 bits per heavy atom. The van der Waals surface area contributed by atoms with Crippen LogP contribution >= 0.6 is 0 Å². The summed E-state index contributed by atoms with van der Waals surface area (Å²) in [6.45, 7) is 0.952. The SMILES string of the molecule is N#Cc1cc(F)ccc1CC(=O)C1CC2CCCC(C1)N2Cc1ccccc1. The Labute approximate surface area is 165 Å². The van der Waals surface area contributed by atoms with Crippen molar-refractivity contribution in [1.82, 2.24) is 4.90 Å². The second kappa shape index (κ2) is 8.24. The van der Waals surface area contributed by atoms with Crippen LogP contribution in [0.1, 0.15) is 48.8 Å². The minimum Gasteiger partial charge on any atom is -0.299 e. The van der Waals surface area contributed by atoms with Crippen molar-refractivity contribution in [2.45, 2.75) is 57.2 Å². The largest absolute Gasteiger partial charge is 0.299 e. The quantitative estimate of drug-likeness (QED) is 0.763. The lowest BCUT2D eigenvalue weighted by atomic mass is 9.75. The zero-order valence-corrected chi connectivity index (χ0v) is 16.0. The molecule has 2 aromatic carbocycles. The Kier molecular flexibility index (Phi) is 5.54. The summed E-state index contributed by atoms with van der Waals surface area (Å²) in [6.07, 6.45) is 5.54. The summed E-state index contributed by atoms with van der Waals surface area (Å²) in [4.78, 5) is 15.6. The van der Waals surface area contributed by atoms with Gasteiger partial charge in [0.25, 0.3) is 0 Å². The lowest BCUT2D eigenvalue weighted by Crippen LogP contribution is -2.52. The average molecular weight is 376 g/mol. The van der Waals surface area contributed by atoms with Gasteiger partial charge in [-0.1, -0.05) is 42.8 Å². The first kappa shape index (κ1) is 18.8. The number of hydrogen-bond donors (Lipinski definition) is 0. The molecule has 2 fully saturated rings. The summed E-state index contributed by atoms with van der Waals surface area (Å²) in [7, 11) is 0. The van der Waals surface area contributed by atoms with Gasteiger partial charge in [0, 0.05) is 31.0 Å². The summed E-state index contributed by atoms with van der Waals surface area (Å²) < 4.78 is 13.4. The van der Waals surface area contributed by atoms with E-state index in [1.54, 1.807) is 6.07 Å². The van der Waals surface area contributed by atoms with Crippen molar-refractivity contribution in [2.24, 2.45) is 5.92 Å².